The van der Waals surface area contributed by atoms with Crippen LogP contribution in [0.1, 0.15) is 37.7 Å². The molecule has 0 radical (unpaired) electrons. The first-order chi connectivity index (χ1) is 7.12. The van der Waals surface area contributed by atoms with Gasteiger partial charge in [0.15, 0.2) is 0 Å². The molecule has 0 saturated heterocycles. The van der Waals surface area contributed by atoms with Crippen LogP contribution in [-0.2, 0) is 5.60 Å². The minimum Gasteiger partial charge on any atom is -0.508 e. The van der Waals surface area contributed by atoms with Gasteiger partial charge in [-0.2, -0.15) is 0 Å². The minimum atomic E-state index is -0.827. The third-order valence-electron chi connectivity index (χ3n) is 3.14. The second kappa shape index (κ2) is 4.14. The number of benzene rings is 1. The molecule has 82 valence electrons. The first-order valence-corrected chi connectivity index (χ1v) is 6.12. The predicted molar refractivity (Wildman–Crippen MR) is 62.8 cm³/mol. The summed E-state index contributed by atoms with van der Waals surface area (Å²) in [6.07, 6.45) is 4.73. The summed E-state index contributed by atoms with van der Waals surface area (Å²) in [5.74, 6) is 0.197. The summed E-state index contributed by atoms with van der Waals surface area (Å²) < 4.78 is 0.897. The third kappa shape index (κ3) is 2.18. The molecule has 15 heavy (non-hydrogen) atoms. The van der Waals surface area contributed by atoms with Gasteiger partial charge in [0.25, 0.3) is 0 Å². The van der Waals surface area contributed by atoms with Gasteiger partial charge in [-0.15, -0.1) is 0 Å². The zero-order chi connectivity index (χ0) is 10.9. The van der Waals surface area contributed by atoms with Gasteiger partial charge in [-0.05, 0) is 31.0 Å². The Morgan fingerprint density at radius 2 is 1.80 bits per heavy atom. The van der Waals surface area contributed by atoms with Crippen LogP contribution in [0.2, 0.25) is 0 Å². The number of phenols is 1. The van der Waals surface area contributed by atoms with E-state index in [-0.39, 0.29) is 5.75 Å². The van der Waals surface area contributed by atoms with Crippen molar-refractivity contribution in [1.29, 1.82) is 0 Å². The van der Waals surface area contributed by atoms with Crippen molar-refractivity contribution < 1.29 is 10.2 Å². The summed E-state index contributed by atoms with van der Waals surface area (Å²) in [5, 5.41) is 20.2. The van der Waals surface area contributed by atoms with Crippen molar-refractivity contribution in [2.45, 2.75) is 37.7 Å². The molecule has 0 unspecified atom stereocenters. The first kappa shape index (κ1) is 11.0. The summed E-state index contributed by atoms with van der Waals surface area (Å²) in [5.41, 5.74) is -0.164. The van der Waals surface area contributed by atoms with E-state index in [1.165, 1.54) is 6.42 Å². The molecule has 0 aliphatic heterocycles. The molecule has 0 atom stereocenters. The van der Waals surface area contributed by atoms with Crippen LogP contribution < -0.4 is 0 Å². The molecule has 1 aromatic carbocycles. The number of phenolic OH excluding ortho intramolecular Hbond substituents is 1. The molecule has 0 bridgehead atoms. The van der Waals surface area contributed by atoms with E-state index in [0.717, 1.165) is 30.2 Å². The van der Waals surface area contributed by atoms with Gasteiger partial charge < -0.3 is 10.2 Å². The molecule has 1 aromatic rings. The third-order valence-corrected chi connectivity index (χ3v) is 3.63. The average Bonchev–Trinajstić information content (AvgIpc) is 2.23. The van der Waals surface area contributed by atoms with E-state index in [2.05, 4.69) is 15.9 Å². The van der Waals surface area contributed by atoms with Crippen LogP contribution >= 0.6 is 15.9 Å². The topological polar surface area (TPSA) is 40.5 Å². The maximum atomic E-state index is 10.5. The Morgan fingerprint density at radius 3 is 2.47 bits per heavy atom. The zero-order valence-corrected chi connectivity index (χ0v) is 10.1. The second-order valence-electron chi connectivity index (χ2n) is 4.25. The zero-order valence-electron chi connectivity index (χ0n) is 8.54. The van der Waals surface area contributed by atoms with Crippen molar-refractivity contribution in [3.8, 4) is 5.75 Å². The number of aromatic hydroxyl groups is 1. The summed E-state index contributed by atoms with van der Waals surface area (Å²) in [6, 6.07) is 5.23. The monoisotopic (exact) mass is 270 g/mol. The molecule has 2 N–H and O–H groups in total. The van der Waals surface area contributed by atoms with Crippen LogP contribution in [0.15, 0.2) is 22.7 Å². The fraction of sp³-hybridized carbons (Fsp3) is 0.500. The normalized spacial score (nSPS) is 20.1. The molecule has 1 saturated carbocycles. The van der Waals surface area contributed by atoms with Crippen LogP contribution in [0, 0.1) is 0 Å². The molecule has 1 fully saturated rings. The Labute approximate surface area is 98.1 Å². The highest BCUT2D eigenvalue weighted by Crippen LogP contribution is 2.41. The maximum absolute atomic E-state index is 10.5. The van der Waals surface area contributed by atoms with Crippen LogP contribution in [0.5, 0.6) is 5.75 Å². The standard InChI is InChI=1S/C12H15BrO2/c13-9-4-5-11(14)10(8-9)12(15)6-2-1-3-7-12/h4-5,8,14-15H,1-3,6-7H2. The van der Waals surface area contributed by atoms with Crippen molar-refractivity contribution in [3.05, 3.63) is 28.2 Å². The highest BCUT2D eigenvalue weighted by molar-refractivity contribution is 9.10. The molecule has 2 nitrogen and oxygen atoms in total. The number of hydrogen-bond acceptors (Lipinski definition) is 2. The van der Waals surface area contributed by atoms with Gasteiger partial charge in [0.05, 0.1) is 5.60 Å². The molecule has 1 aliphatic rings. The number of halogens is 1. The highest BCUT2D eigenvalue weighted by Gasteiger charge is 2.33. The Kier molecular flexibility index (Phi) is 3.03. The van der Waals surface area contributed by atoms with Crippen molar-refractivity contribution >= 4 is 15.9 Å². The van der Waals surface area contributed by atoms with Crippen LogP contribution in [0.25, 0.3) is 0 Å². The van der Waals surface area contributed by atoms with E-state index in [4.69, 9.17) is 0 Å². The minimum absolute atomic E-state index is 0.197. The van der Waals surface area contributed by atoms with Gasteiger partial charge in [0.2, 0.25) is 0 Å². The quantitative estimate of drug-likeness (QED) is 0.822. The lowest BCUT2D eigenvalue weighted by Gasteiger charge is -2.33. The van der Waals surface area contributed by atoms with Crippen molar-refractivity contribution in [3.63, 3.8) is 0 Å². The molecule has 0 amide bonds. The SMILES string of the molecule is Oc1ccc(Br)cc1C1(O)CCCCC1. The summed E-state index contributed by atoms with van der Waals surface area (Å²) in [6.45, 7) is 0. The fourth-order valence-corrected chi connectivity index (χ4v) is 2.65. The molecular formula is C12H15BrO2. The summed E-state index contributed by atoms with van der Waals surface area (Å²) in [4.78, 5) is 0. The van der Waals surface area contributed by atoms with Crippen LogP contribution in [-0.4, -0.2) is 10.2 Å². The largest absolute Gasteiger partial charge is 0.508 e. The molecule has 3 heteroatoms. The second-order valence-corrected chi connectivity index (χ2v) is 5.17. The highest BCUT2D eigenvalue weighted by atomic mass is 79.9. The van der Waals surface area contributed by atoms with Gasteiger partial charge in [0, 0.05) is 10.0 Å². The summed E-state index contributed by atoms with van der Waals surface area (Å²) in [7, 11) is 0. The molecule has 2 rings (SSSR count). The number of hydrogen-bond donors (Lipinski definition) is 2. The Morgan fingerprint density at radius 1 is 1.13 bits per heavy atom. The van der Waals surface area contributed by atoms with E-state index in [9.17, 15) is 10.2 Å². The van der Waals surface area contributed by atoms with E-state index >= 15 is 0 Å². The van der Waals surface area contributed by atoms with Crippen molar-refractivity contribution in [2.24, 2.45) is 0 Å². The van der Waals surface area contributed by atoms with E-state index in [0.29, 0.717) is 5.56 Å². The lowest BCUT2D eigenvalue weighted by atomic mass is 9.79. The van der Waals surface area contributed by atoms with Gasteiger partial charge in [-0.25, -0.2) is 0 Å². The molecular weight excluding hydrogens is 256 g/mol. The molecule has 0 spiro atoms. The van der Waals surface area contributed by atoms with Crippen molar-refractivity contribution in [1.82, 2.24) is 0 Å². The van der Waals surface area contributed by atoms with E-state index < -0.39 is 5.60 Å². The van der Waals surface area contributed by atoms with Gasteiger partial charge in [-0.1, -0.05) is 35.2 Å². The fourth-order valence-electron chi connectivity index (χ4n) is 2.29. The smallest absolute Gasteiger partial charge is 0.121 e. The average molecular weight is 271 g/mol. The number of rotatable bonds is 1. The number of aliphatic hydroxyl groups is 1. The van der Waals surface area contributed by atoms with Crippen LogP contribution in [0.4, 0.5) is 0 Å². The predicted octanol–water partition coefficient (Wildman–Crippen LogP) is 3.31. The van der Waals surface area contributed by atoms with E-state index in [1.54, 1.807) is 12.1 Å². The van der Waals surface area contributed by atoms with Gasteiger partial charge in [0.1, 0.15) is 5.75 Å². The Balaban J connectivity index is 2.38. The summed E-state index contributed by atoms with van der Waals surface area (Å²) >= 11 is 3.36. The van der Waals surface area contributed by atoms with E-state index in [1.807, 2.05) is 6.07 Å². The molecule has 1 aliphatic carbocycles. The Hall–Kier alpha value is -0.540. The lowest BCUT2D eigenvalue weighted by molar-refractivity contribution is -0.00257. The molecule has 0 aromatic heterocycles. The van der Waals surface area contributed by atoms with Gasteiger partial charge in [-0.3, -0.25) is 0 Å². The lowest BCUT2D eigenvalue weighted by Crippen LogP contribution is -2.28. The Bertz CT molecular complexity index is 357. The van der Waals surface area contributed by atoms with Gasteiger partial charge >= 0.3 is 0 Å². The molecule has 0 heterocycles. The first-order valence-electron chi connectivity index (χ1n) is 5.33. The maximum Gasteiger partial charge on any atom is 0.121 e. The van der Waals surface area contributed by atoms with Crippen molar-refractivity contribution in [2.75, 3.05) is 0 Å². The van der Waals surface area contributed by atoms with Crippen LogP contribution in [0.3, 0.4) is 0 Å².